The summed E-state index contributed by atoms with van der Waals surface area (Å²) in [5.74, 6) is -1.61. The van der Waals surface area contributed by atoms with Crippen LogP contribution >= 0.6 is 0 Å². The minimum absolute atomic E-state index is 0.197. The predicted molar refractivity (Wildman–Crippen MR) is 119 cm³/mol. The molecular weight excluding hydrogens is 423 g/mol. The van der Waals surface area contributed by atoms with Gasteiger partial charge in [0.15, 0.2) is 5.41 Å². The van der Waals surface area contributed by atoms with E-state index in [1.807, 2.05) is 36.4 Å². The lowest BCUT2D eigenvalue weighted by Gasteiger charge is -2.56. The molecule has 0 N–H and O–H groups in total. The van der Waals surface area contributed by atoms with Crippen LogP contribution in [-0.4, -0.2) is 47.8 Å². The van der Waals surface area contributed by atoms with Crippen LogP contribution in [0.15, 0.2) is 48.5 Å². The van der Waals surface area contributed by atoms with Crippen LogP contribution in [0.3, 0.4) is 0 Å². The molecule has 1 aliphatic carbocycles. The smallest absolute Gasteiger partial charge is 0.332 e. The van der Waals surface area contributed by atoms with Crippen molar-refractivity contribution in [3.05, 3.63) is 71.0 Å². The van der Waals surface area contributed by atoms with Gasteiger partial charge >= 0.3 is 6.03 Å². The maximum absolute atomic E-state index is 14.1. The van der Waals surface area contributed by atoms with Crippen LogP contribution in [0.1, 0.15) is 43.1 Å². The lowest BCUT2D eigenvalue weighted by molar-refractivity contribution is -0.206. The normalized spacial score (nSPS) is 28.0. The van der Waals surface area contributed by atoms with E-state index in [0.29, 0.717) is 6.42 Å². The zero-order valence-corrected chi connectivity index (χ0v) is 19.2. The molecular formula is C26H27FN2O4. The fourth-order valence-corrected chi connectivity index (χ4v) is 6.21. The highest BCUT2D eigenvalue weighted by atomic mass is 19.1. The van der Waals surface area contributed by atoms with Gasteiger partial charge in [-0.25, -0.2) is 9.18 Å². The molecule has 0 saturated carbocycles. The van der Waals surface area contributed by atoms with E-state index in [-0.39, 0.29) is 24.3 Å². The number of hydrogen-bond acceptors (Lipinski definition) is 4. The molecule has 7 heteroatoms. The first-order chi connectivity index (χ1) is 15.6. The molecule has 0 aromatic heterocycles. The molecule has 2 heterocycles. The highest BCUT2D eigenvalue weighted by Crippen LogP contribution is 2.57. The number of imide groups is 2. The number of carbonyl (C=O) groups is 3. The highest BCUT2D eigenvalue weighted by molar-refractivity contribution is 6.19. The zero-order chi connectivity index (χ0) is 23.7. The van der Waals surface area contributed by atoms with Gasteiger partial charge in [0, 0.05) is 19.5 Å². The van der Waals surface area contributed by atoms with Crippen molar-refractivity contribution in [2.45, 2.75) is 44.3 Å². The van der Waals surface area contributed by atoms with E-state index in [1.54, 1.807) is 0 Å². The van der Waals surface area contributed by atoms with Gasteiger partial charge in [-0.1, -0.05) is 50.2 Å². The summed E-state index contributed by atoms with van der Waals surface area (Å²) in [6, 6.07) is 13.4. The third kappa shape index (κ3) is 2.91. The van der Waals surface area contributed by atoms with E-state index in [0.717, 1.165) is 26.5 Å². The van der Waals surface area contributed by atoms with E-state index < -0.39 is 34.8 Å². The van der Waals surface area contributed by atoms with Crippen molar-refractivity contribution in [3.8, 4) is 0 Å². The van der Waals surface area contributed by atoms with Crippen LogP contribution in [0, 0.1) is 17.2 Å². The Labute approximate surface area is 192 Å². The number of carbonyl (C=O) groups excluding carboxylic acids is 3. The van der Waals surface area contributed by atoms with Gasteiger partial charge in [0.05, 0.1) is 6.10 Å². The van der Waals surface area contributed by atoms with E-state index >= 15 is 0 Å². The molecule has 0 radical (unpaired) electrons. The first-order valence-corrected chi connectivity index (χ1v) is 11.2. The minimum Gasteiger partial charge on any atom is -0.367 e. The number of urea groups is 1. The molecule has 3 aliphatic rings. The van der Waals surface area contributed by atoms with Crippen molar-refractivity contribution in [1.29, 1.82) is 0 Å². The van der Waals surface area contributed by atoms with Crippen LogP contribution in [0.4, 0.5) is 9.18 Å². The Kier molecular flexibility index (Phi) is 4.76. The van der Waals surface area contributed by atoms with Crippen molar-refractivity contribution in [3.63, 3.8) is 0 Å². The second kappa shape index (κ2) is 7.22. The highest BCUT2D eigenvalue weighted by Gasteiger charge is 2.66. The number of rotatable bonds is 1. The third-order valence-electron chi connectivity index (χ3n) is 7.75. The standard InChI is InChI=1S/C26H27FN2O4/c1-25(2)19-11-10-18(27)13-16(19)12-17-14-26(22(30)28(3)24(32)29(4)23(26)31)21(33-20(17)25)15-8-6-5-7-9-15/h5-11,13,17,20-21H,12,14H2,1-4H3/t17-,20-,21-/m0/s1. The monoisotopic (exact) mass is 450 g/mol. The molecule has 0 unspecified atom stereocenters. The largest absolute Gasteiger partial charge is 0.367 e. The van der Waals surface area contributed by atoms with E-state index in [2.05, 4.69) is 13.8 Å². The van der Waals surface area contributed by atoms with Gasteiger partial charge in [0.1, 0.15) is 11.9 Å². The number of barbiturate groups is 1. The Balaban J connectivity index is 1.69. The van der Waals surface area contributed by atoms with E-state index in [4.69, 9.17) is 4.74 Å². The first-order valence-electron chi connectivity index (χ1n) is 11.2. The van der Waals surface area contributed by atoms with Crippen molar-refractivity contribution in [2.75, 3.05) is 14.1 Å². The molecule has 2 aliphatic heterocycles. The van der Waals surface area contributed by atoms with Crippen LogP contribution in [0.2, 0.25) is 0 Å². The van der Waals surface area contributed by atoms with Crippen LogP contribution < -0.4 is 0 Å². The Bertz CT molecular complexity index is 1140. The maximum atomic E-state index is 14.1. The van der Waals surface area contributed by atoms with E-state index in [1.165, 1.54) is 26.2 Å². The lowest BCUT2D eigenvalue weighted by atomic mass is 9.58. The number of hydrogen-bond donors (Lipinski definition) is 0. The number of halogens is 1. The quantitative estimate of drug-likeness (QED) is 0.619. The summed E-state index contributed by atoms with van der Waals surface area (Å²) in [5.41, 5.74) is 0.565. The average Bonchev–Trinajstić information content (AvgIpc) is 2.80. The molecule has 2 saturated heterocycles. The van der Waals surface area contributed by atoms with Gasteiger partial charge in [0.2, 0.25) is 11.8 Å². The second-order valence-corrected chi connectivity index (χ2v) is 10.0. The van der Waals surface area contributed by atoms with Crippen molar-refractivity contribution in [2.24, 2.45) is 11.3 Å². The predicted octanol–water partition coefficient (Wildman–Crippen LogP) is 3.84. The number of benzene rings is 2. The van der Waals surface area contributed by atoms with Crippen molar-refractivity contribution < 1.29 is 23.5 Å². The third-order valence-corrected chi connectivity index (χ3v) is 7.75. The molecule has 33 heavy (non-hydrogen) atoms. The van der Waals surface area contributed by atoms with Gasteiger partial charge in [-0.2, -0.15) is 0 Å². The molecule has 6 nitrogen and oxygen atoms in total. The summed E-state index contributed by atoms with van der Waals surface area (Å²) in [6.45, 7) is 4.12. The summed E-state index contributed by atoms with van der Waals surface area (Å²) in [5, 5.41) is 0. The fourth-order valence-electron chi connectivity index (χ4n) is 6.21. The zero-order valence-electron chi connectivity index (χ0n) is 19.2. The lowest BCUT2D eigenvalue weighted by Crippen LogP contribution is -2.68. The van der Waals surface area contributed by atoms with Crippen molar-refractivity contribution in [1.82, 2.24) is 9.80 Å². The number of ether oxygens (including phenoxy) is 1. The molecule has 0 bridgehead atoms. The van der Waals surface area contributed by atoms with Gasteiger partial charge in [-0.3, -0.25) is 19.4 Å². The summed E-state index contributed by atoms with van der Waals surface area (Å²) >= 11 is 0. The maximum Gasteiger partial charge on any atom is 0.332 e. The van der Waals surface area contributed by atoms with Gasteiger partial charge in [0.25, 0.3) is 0 Å². The number of nitrogens with zero attached hydrogens (tertiary/aromatic N) is 2. The summed E-state index contributed by atoms with van der Waals surface area (Å²) < 4.78 is 20.8. The van der Waals surface area contributed by atoms with Crippen LogP contribution in [0.5, 0.6) is 0 Å². The second-order valence-electron chi connectivity index (χ2n) is 10.0. The molecule has 1 spiro atoms. The summed E-state index contributed by atoms with van der Waals surface area (Å²) in [4.78, 5) is 42.0. The minimum atomic E-state index is -1.57. The molecule has 172 valence electrons. The molecule has 3 atom stereocenters. The Morgan fingerprint density at radius 1 is 0.970 bits per heavy atom. The van der Waals surface area contributed by atoms with E-state index in [9.17, 15) is 18.8 Å². The topological polar surface area (TPSA) is 66.9 Å². The summed E-state index contributed by atoms with van der Waals surface area (Å²) in [6.07, 6.45) is -0.429. The molecule has 5 rings (SSSR count). The Morgan fingerprint density at radius 3 is 2.24 bits per heavy atom. The Morgan fingerprint density at radius 2 is 1.61 bits per heavy atom. The van der Waals surface area contributed by atoms with Crippen molar-refractivity contribution >= 4 is 17.8 Å². The molecule has 2 fully saturated rings. The van der Waals surface area contributed by atoms with Gasteiger partial charge in [-0.05, 0) is 47.6 Å². The SMILES string of the molecule is CN1C(=O)N(C)C(=O)C2(C[C@@H]3Cc4cc(F)ccc4C(C)(C)[C@H]3O[C@H]2c2ccccc2)C1=O. The summed E-state index contributed by atoms with van der Waals surface area (Å²) in [7, 11) is 2.80. The van der Waals surface area contributed by atoms with Gasteiger partial charge < -0.3 is 4.74 Å². The van der Waals surface area contributed by atoms with Crippen LogP contribution in [0.25, 0.3) is 0 Å². The Hall–Kier alpha value is -3.06. The molecule has 2 aromatic rings. The van der Waals surface area contributed by atoms with Gasteiger partial charge in [-0.15, -0.1) is 0 Å². The first kappa shape index (κ1) is 21.8. The average molecular weight is 451 g/mol. The fraction of sp³-hybridized carbons (Fsp3) is 0.423. The number of fused-ring (bicyclic) bond motifs is 2. The molecule has 4 amide bonds. The van der Waals surface area contributed by atoms with Crippen LogP contribution in [-0.2, 0) is 26.2 Å². The molecule has 2 aromatic carbocycles. The number of amides is 4.